The van der Waals surface area contributed by atoms with Gasteiger partial charge >= 0.3 is 0 Å². The predicted molar refractivity (Wildman–Crippen MR) is 109 cm³/mol. The zero-order chi connectivity index (χ0) is 19.6. The molecule has 0 bridgehead atoms. The first-order valence-electron chi connectivity index (χ1n) is 9.49. The number of rotatable bonds is 9. The summed E-state index contributed by atoms with van der Waals surface area (Å²) in [7, 11) is 9.06. The van der Waals surface area contributed by atoms with Gasteiger partial charge in [0.2, 0.25) is 0 Å². The molecule has 0 unspecified atom stereocenters. The molecule has 0 aromatic heterocycles. The van der Waals surface area contributed by atoms with Gasteiger partial charge in [0, 0.05) is 40.3 Å². The molecule has 7 nitrogen and oxygen atoms in total. The molecule has 7 heteroatoms. The Balaban J connectivity index is 1.88. The summed E-state index contributed by atoms with van der Waals surface area (Å²) in [6.07, 6.45) is 2.03. The molecule has 1 aromatic rings. The number of fused-ring (bicyclic) bond motifs is 1. The average Bonchev–Trinajstić information content (AvgIpc) is 2.70. The van der Waals surface area contributed by atoms with Crippen molar-refractivity contribution in [3.63, 3.8) is 0 Å². The molecule has 1 N–H and O–H groups in total. The summed E-state index contributed by atoms with van der Waals surface area (Å²) >= 11 is 0. The summed E-state index contributed by atoms with van der Waals surface area (Å²) in [6, 6.07) is 4.18. The van der Waals surface area contributed by atoms with Gasteiger partial charge in [0.25, 0.3) is 0 Å². The van der Waals surface area contributed by atoms with Crippen molar-refractivity contribution in [2.75, 3.05) is 68.2 Å². The summed E-state index contributed by atoms with van der Waals surface area (Å²) < 4.78 is 16.0. The Morgan fingerprint density at radius 2 is 1.85 bits per heavy atom. The number of nitrogens with zero attached hydrogens (tertiary/aromatic N) is 3. The Bertz CT molecular complexity index is 621. The molecule has 0 amide bonds. The van der Waals surface area contributed by atoms with Gasteiger partial charge in [-0.25, -0.2) is 0 Å². The van der Waals surface area contributed by atoms with Crippen LogP contribution in [0.25, 0.3) is 0 Å². The fourth-order valence-corrected chi connectivity index (χ4v) is 3.30. The van der Waals surface area contributed by atoms with Crippen LogP contribution in [0.5, 0.6) is 11.5 Å². The summed E-state index contributed by atoms with van der Waals surface area (Å²) in [5.41, 5.74) is 2.58. The lowest BCUT2D eigenvalue weighted by Crippen LogP contribution is -2.44. The summed E-state index contributed by atoms with van der Waals surface area (Å²) in [6.45, 7) is 5.43. The maximum absolute atomic E-state index is 5.45. The van der Waals surface area contributed by atoms with E-state index in [1.54, 1.807) is 21.3 Å². The van der Waals surface area contributed by atoms with Crippen LogP contribution >= 0.6 is 0 Å². The lowest BCUT2D eigenvalue weighted by atomic mass is 9.99. The molecule has 0 radical (unpaired) electrons. The average molecular weight is 379 g/mol. The van der Waals surface area contributed by atoms with Crippen LogP contribution in [0.2, 0.25) is 0 Å². The van der Waals surface area contributed by atoms with Crippen molar-refractivity contribution in [3.05, 3.63) is 23.3 Å². The Kier molecular flexibility index (Phi) is 8.67. The zero-order valence-corrected chi connectivity index (χ0v) is 17.4. The number of likely N-dealkylation sites (N-methyl/N-ethyl adjacent to an activating group) is 1. The number of ether oxygens (including phenoxy) is 3. The maximum Gasteiger partial charge on any atom is 0.193 e. The molecule has 1 aliphatic rings. The highest BCUT2D eigenvalue weighted by molar-refractivity contribution is 5.80. The van der Waals surface area contributed by atoms with Crippen LogP contribution in [0.15, 0.2) is 17.1 Å². The lowest BCUT2D eigenvalue weighted by molar-refractivity contribution is 0.161. The third-order valence-electron chi connectivity index (χ3n) is 4.91. The standard InChI is InChI=1S/C20H34N4O3/c1-21-20(22-8-6-9-23(2)11-12-25-3)24-10-7-16-13-18(26-4)19(27-5)14-17(16)15-24/h13-14H,6-12,15H2,1-5H3,(H,21,22). The smallest absolute Gasteiger partial charge is 0.193 e. The van der Waals surface area contributed by atoms with Crippen LogP contribution < -0.4 is 14.8 Å². The molecule has 0 saturated heterocycles. The number of guanidine groups is 1. The topological polar surface area (TPSA) is 58.6 Å². The molecule has 152 valence electrons. The van der Waals surface area contributed by atoms with Gasteiger partial charge in [-0.2, -0.15) is 0 Å². The maximum atomic E-state index is 5.45. The number of hydrogen-bond donors (Lipinski definition) is 1. The Morgan fingerprint density at radius 3 is 2.48 bits per heavy atom. The Morgan fingerprint density at radius 1 is 1.15 bits per heavy atom. The van der Waals surface area contributed by atoms with Gasteiger partial charge in [0.05, 0.1) is 20.8 Å². The van der Waals surface area contributed by atoms with E-state index in [2.05, 4.69) is 39.3 Å². The minimum Gasteiger partial charge on any atom is -0.493 e. The highest BCUT2D eigenvalue weighted by atomic mass is 16.5. The number of benzene rings is 1. The molecule has 1 aromatic carbocycles. The van der Waals surface area contributed by atoms with Crippen LogP contribution in [-0.4, -0.2) is 84.0 Å². The van der Waals surface area contributed by atoms with Crippen molar-refractivity contribution in [2.45, 2.75) is 19.4 Å². The highest BCUT2D eigenvalue weighted by Gasteiger charge is 2.21. The van der Waals surface area contributed by atoms with E-state index in [0.29, 0.717) is 0 Å². The molecular weight excluding hydrogens is 344 g/mol. The third kappa shape index (κ3) is 6.01. The normalized spacial score (nSPS) is 14.3. The molecule has 0 atom stereocenters. The van der Waals surface area contributed by atoms with Crippen molar-refractivity contribution in [2.24, 2.45) is 4.99 Å². The second-order valence-electron chi connectivity index (χ2n) is 6.77. The van der Waals surface area contributed by atoms with Gasteiger partial charge in [0.15, 0.2) is 17.5 Å². The second-order valence-corrected chi connectivity index (χ2v) is 6.77. The monoisotopic (exact) mass is 378 g/mol. The fourth-order valence-electron chi connectivity index (χ4n) is 3.30. The van der Waals surface area contributed by atoms with E-state index < -0.39 is 0 Å². The molecule has 1 aliphatic heterocycles. The van der Waals surface area contributed by atoms with Crippen molar-refractivity contribution in [3.8, 4) is 11.5 Å². The highest BCUT2D eigenvalue weighted by Crippen LogP contribution is 2.33. The number of hydrogen-bond acceptors (Lipinski definition) is 5. The molecular formula is C20H34N4O3. The molecule has 2 rings (SSSR count). The minimum atomic E-state index is 0.771. The molecule has 0 spiro atoms. The predicted octanol–water partition coefficient (Wildman–Crippen LogP) is 1.61. The molecule has 0 saturated carbocycles. The molecule has 27 heavy (non-hydrogen) atoms. The minimum absolute atomic E-state index is 0.771. The van der Waals surface area contributed by atoms with Gasteiger partial charge in [0.1, 0.15) is 0 Å². The van der Waals surface area contributed by atoms with Crippen molar-refractivity contribution in [1.82, 2.24) is 15.1 Å². The quantitative estimate of drug-likeness (QED) is 0.400. The SMILES string of the molecule is CN=C(NCCCN(C)CCOC)N1CCc2cc(OC)c(OC)cc2C1. The van der Waals surface area contributed by atoms with Crippen molar-refractivity contribution in [1.29, 1.82) is 0 Å². The van der Waals surface area contributed by atoms with Gasteiger partial charge in [-0.1, -0.05) is 0 Å². The van der Waals surface area contributed by atoms with E-state index in [1.165, 1.54) is 11.1 Å². The van der Waals surface area contributed by atoms with E-state index in [4.69, 9.17) is 14.2 Å². The van der Waals surface area contributed by atoms with E-state index in [9.17, 15) is 0 Å². The number of aliphatic imine (C=N–C) groups is 1. The largest absolute Gasteiger partial charge is 0.493 e. The zero-order valence-electron chi connectivity index (χ0n) is 17.4. The Hall–Kier alpha value is -1.99. The van der Waals surface area contributed by atoms with Crippen molar-refractivity contribution >= 4 is 5.96 Å². The molecule has 1 heterocycles. The van der Waals surface area contributed by atoms with Gasteiger partial charge in [-0.3, -0.25) is 4.99 Å². The first-order valence-corrected chi connectivity index (χ1v) is 9.49. The second kappa shape index (κ2) is 11.0. The number of nitrogens with one attached hydrogen (secondary N) is 1. The summed E-state index contributed by atoms with van der Waals surface area (Å²) in [4.78, 5) is 9.05. The third-order valence-corrected chi connectivity index (χ3v) is 4.91. The summed E-state index contributed by atoms with van der Waals surface area (Å²) in [5.74, 6) is 2.53. The first kappa shape index (κ1) is 21.3. The van der Waals surface area contributed by atoms with Crippen LogP contribution in [-0.2, 0) is 17.7 Å². The molecule has 0 aliphatic carbocycles. The fraction of sp³-hybridized carbons (Fsp3) is 0.650. The lowest BCUT2D eigenvalue weighted by Gasteiger charge is -2.32. The van der Waals surface area contributed by atoms with Crippen LogP contribution in [0, 0.1) is 0 Å². The van der Waals surface area contributed by atoms with E-state index in [-0.39, 0.29) is 0 Å². The van der Waals surface area contributed by atoms with Gasteiger partial charge < -0.3 is 29.3 Å². The van der Waals surface area contributed by atoms with E-state index >= 15 is 0 Å². The molecule has 0 fully saturated rings. The number of methoxy groups -OCH3 is 3. The summed E-state index contributed by atoms with van der Waals surface area (Å²) in [5, 5.41) is 3.49. The first-order chi connectivity index (χ1) is 13.1. The van der Waals surface area contributed by atoms with Gasteiger partial charge in [-0.15, -0.1) is 0 Å². The van der Waals surface area contributed by atoms with Gasteiger partial charge in [-0.05, 0) is 49.7 Å². The van der Waals surface area contributed by atoms with Crippen LogP contribution in [0.1, 0.15) is 17.5 Å². The van der Waals surface area contributed by atoms with E-state index in [1.807, 2.05) is 7.05 Å². The Labute approximate surface area is 163 Å². The van der Waals surface area contributed by atoms with Crippen LogP contribution in [0.3, 0.4) is 0 Å². The van der Waals surface area contributed by atoms with E-state index in [0.717, 1.165) is 69.6 Å². The van der Waals surface area contributed by atoms with Crippen molar-refractivity contribution < 1.29 is 14.2 Å². The van der Waals surface area contributed by atoms with Crippen LogP contribution in [0.4, 0.5) is 0 Å².